The van der Waals surface area contributed by atoms with Crippen molar-refractivity contribution in [1.82, 2.24) is 4.98 Å². The number of hydrogen-bond acceptors (Lipinski definition) is 2. The lowest BCUT2D eigenvalue weighted by molar-refractivity contribution is 1.03. The summed E-state index contributed by atoms with van der Waals surface area (Å²) in [6, 6.07) is 4.12. The lowest BCUT2D eigenvalue weighted by atomic mass is 10.2. The van der Waals surface area contributed by atoms with E-state index in [1.54, 1.807) is 0 Å². The maximum atomic E-state index is 4.40. The van der Waals surface area contributed by atoms with E-state index in [2.05, 4.69) is 18.0 Å². The Labute approximate surface area is 67.9 Å². The Balaban J connectivity index is 3.13. The van der Waals surface area contributed by atoms with E-state index in [1.807, 2.05) is 32.0 Å². The second kappa shape index (κ2) is 2.91. The summed E-state index contributed by atoms with van der Waals surface area (Å²) >= 11 is 0. The van der Waals surface area contributed by atoms with Crippen LogP contribution in [-0.2, 0) is 0 Å². The standard InChI is InChI=1S/C9H14N2/c1-7-5-6-8(2)10-9(7)11(3)4/h5-6H,1-4H3. The Hall–Kier alpha value is -1.05. The lowest BCUT2D eigenvalue weighted by Gasteiger charge is -2.14. The third-order valence-corrected chi connectivity index (χ3v) is 1.63. The van der Waals surface area contributed by atoms with Gasteiger partial charge in [-0.2, -0.15) is 0 Å². The molecule has 0 aromatic carbocycles. The number of nitrogens with zero attached hydrogens (tertiary/aromatic N) is 2. The summed E-state index contributed by atoms with van der Waals surface area (Å²) < 4.78 is 0. The number of rotatable bonds is 1. The molecule has 1 aromatic heterocycles. The molecule has 0 unspecified atom stereocenters. The summed E-state index contributed by atoms with van der Waals surface area (Å²) in [5.41, 5.74) is 2.29. The van der Waals surface area contributed by atoms with Crippen molar-refractivity contribution in [1.29, 1.82) is 0 Å². The number of anilines is 1. The third-order valence-electron chi connectivity index (χ3n) is 1.63. The van der Waals surface area contributed by atoms with Crippen molar-refractivity contribution in [2.24, 2.45) is 0 Å². The molecule has 2 nitrogen and oxygen atoms in total. The first kappa shape index (κ1) is 8.05. The van der Waals surface area contributed by atoms with Gasteiger partial charge in [0.25, 0.3) is 0 Å². The Bertz CT molecular complexity index is 254. The van der Waals surface area contributed by atoms with Crippen LogP contribution in [0.5, 0.6) is 0 Å². The van der Waals surface area contributed by atoms with E-state index < -0.39 is 0 Å². The Kier molecular flexibility index (Phi) is 2.13. The second-order valence-electron chi connectivity index (χ2n) is 2.99. The van der Waals surface area contributed by atoms with Crippen molar-refractivity contribution in [3.05, 3.63) is 23.4 Å². The van der Waals surface area contributed by atoms with Crippen molar-refractivity contribution in [3.63, 3.8) is 0 Å². The summed E-state index contributed by atoms with van der Waals surface area (Å²) in [5.74, 6) is 1.06. The van der Waals surface area contributed by atoms with Gasteiger partial charge in [-0.1, -0.05) is 6.07 Å². The normalized spacial score (nSPS) is 9.82. The first-order valence-corrected chi connectivity index (χ1v) is 3.73. The van der Waals surface area contributed by atoms with Crippen LogP contribution in [0.15, 0.2) is 12.1 Å². The maximum Gasteiger partial charge on any atom is 0.131 e. The summed E-state index contributed by atoms with van der Waals surface area (Å²) in [5, 5.41) is 0. The van der Waals surface area contributed by atoms with Crippen molar-refractivity contribution in [2.75, 3.05) is 19.0 Å². The quantitative estimate of drug-likeness (QED) is 0.606. The van der Waals surface area contributed by atoms with Gasteiger partial charge in [-0.3, -0.25) is 0 Å². The third kappa shape index (κ3) is 1.70. The average Bonchev–Trinajstić information content (AvgIpc) is 1.94. The van der Waals surface area contributed by atoms with Crippen molar-refractivity contribution in [3.8, 4) is 0 Å². The monoisotopic (exact) mass is 150 g/mol. The minimum Gasteiger partial charge on any atom is -0.363 e. The molecule has 0 aliphatic carbocycles. The van der Waals surface area contributed by atoms with Crippen molar-refractivity contribution >= 4 is 5.82 Å². The van der Waals surface area contributed by atoms with Gasteiger partial charge in [-0.15, -0.1) is 0 Å². The molecule has 0 amide bonds. The van der Waals surface area contributed by atoms with Gasteiger partial charge in [0.2, 0.25) is 0 Å². The molecule has 0 saturated carbocycles. The van der Waals surface area contributed by atoms with Crippen molar-refractivity contribution < 1.29 is 0 Å². The molecule has 2 heteroatoms. The molecule has 0 radical (unpaired) electrons. The van der Waals surface area contributed by atoms with Crippen LogP contribution in [0.25, 0.3) is 0 Å². The van der Waals surface area contributed by atoms with Gasteiger partial charge in [0.1, 0.15) is 5.82 Å². The van der Waals surface area contributed by atoms with E-state index in [0.717, 1.165) is 11.5 Å². The fraction of sp³-hybridized carbons (Fsp3) is 0.444. The van der Waals surface area contributed by atoms with Crippen LogP contribution in [0, 0.1) is 13.8 Å². The van der Waals surface area contributed by atoms with Crippen molar-refractivity contribution in [2.45, 2.75) is 13.8 Å². The molecule has 1 heterocycles. The summed E-state index contributed by atoms with van der Waals surface area (Å²) in [6.45, 7) is 4.08. The number of aryl methyl sites for hydroxylation is 2. The predicted molar refractivity (Wildman–Crippen MR) is 48.0 cm³/mol. The highest BCUT2D eigenvalue weighted by atomic mass is 15.1. The predicted octanol–water partition coefficient (Wildman–Crippen LogP) is 1.76. The zero-order valence-electron chi connectivity index (χ0n) is 7.55. The zero-order chi connectivity index (χ0) is 8.43. The highest BCUT2D eigenvalue weighted by Crippen LogP contribution is 2.13. The zero-order valence-corrected chi connectivity index (χ0v) is 7.55. The smallest absolute Gasteiger partial charge is 0.131 e. The van der Waals surface area contributed by atoms with Gasteiger partial charge in [0.15, 0.2) is 0 Å². The van der Waals surface area contributed by atoms with E-state index in [0.29, 0.717) is 0 Å². The molecule has 1 aromatic rings. The summed E-state index contributed by atoms with van der Waals surface area (Å²) in [4.78, 5) is 6.43. The van der Waals surface area contributed by atoms with Crippen LogP contribution in [0.2, 0.25) is 0 Å². The highest BCUT2D eigenvalue weighted by Gasteiger charge is 2.00. The minimum absolute atomic E-state index is 1.06. The lowest BCUT2D eigenvalue weighted by Crippen LogP contribution is -2.12. The Morgan fingerprint density at radius 3 is 2.27 bits per heavy atom. The SMILES string of the molecule is Cc1ccc(C)c(N(C)C)n1. The average molecular weight is 150 g/mol. The fourth-order valence-corrected chi connectivity index (χ4v) is 1.07. The van der Waals surface area contributed by atoms with Crippen LogP contribution in [-0.4, -0.2) is 19.1 Å². The fourth-order valence-electron chi connectivity index (χ4n) is 1.07. The van der Waals surface area contributed by atoms with E-state index in [4.69, 9.17) is 0 Å². The van der Waals surface area contributed by atoms with Crippen LogP contribution < -0.4 is 4.90 Å². The topological polar surface area (TPSA) is 16.1 Å². The molecular formula is C9H14N2. The van der Waals surface area contributed by atoms with Crippen LogP contribution in [0.4, 0.5) is 5.82 Å². The Morgan fingerprint density at radius 2 is 1.82 bits per heavy atom. The molecule has 0 saturated heterocycles. The van der Waals surface area contributed by atoms with Crippen LogP contribution >= 0.6 is 0 Å². The highest BCUT2D eigenvalue weighted by molar-refractivity contribution is 5.45. The van der Waals surface area contributed by atoms with E-state index >= 15 is 0 Å². The molecule has 0 spiro atoms. The summed E-state index contributed by atoms with van der Waals surface area (Å²) in [7, 11) is 4.02. The molecular weight excluding hydrogens is 136 g/mol. The molecule has 11 heavy (non-hydrogen) atoms. The van der Waals surface area contributed by atoms with Gasteiger partial charge in [-0.25, -0.2) is 4.98 Å². The number of aromatic nitrogens is 1. The van der Waals surface area contributed by atoms with E-state index in [-0.39, 0.29) is 0 Å². The molecule has 1 rings (SSSR count). The van der Waals surface area contributed by atoms with Gasteiger partial charge in [-0.05, 0) is 25.5 Å². The molecule has 0 bridgehead atoms. The molecule has 0 N–H and O–H groups in total. The number of hydrogen-bond donors (Lipinski definition) is 0. The largest absolute Gasteiger partial charge is 0.363 e. The molecule has 0 atom stereocenters. The minimum atomic E-state index is 1.06. The van der Waals surface area contributed by atoms with Gasteiger partial charge in [0.05, 0.1) is 0 Å². The molecule has 0 aliphatic rings. The van der Waals surface area contributed by atoms with Gasteiger partial charge < -0.3 is 4.90 Å². The first-order chi connectivity index (χ1) is 5.11. The Morgan fingerprint density at radius 1 is 1.18 bits per heavy atom. The van der Waals surface area contributed by atoms with Gasteiger partial charge in [0, 0.05) is 19.8 Å². The second-order valence-corrected chi connectivity index (χ2v) is 2.99. The van der Waals surface area contributed by atoms with Crippen LogP contribution in [0.1, 0.15) is 11.3 Å². The van der Waals surface area contributed by atoms with Crippen LogP contribution in [0.3, 0.4) is 0 Å². The van der Waals surface area contributed by atoms with E-state index in [1.165, 1.54) is 5.56 Å². The number of pyridine rings is 1. The molecule has 0 aliphatic heterocycles. The summed E-state index contributed by atoms with van der Waals surface area (Å²) in [6.07, 6.45) is 0. The molecule has 0 fully saturated rings. The molecule has 60 valence electrons. The van der Waals surface area contributed by atoms with Gasteiger partial charge >= 0.3 is 0 Å². The first-order valence-electron chi connectivity index (χ1n) is 3.73. The maximum absolute atomic E-state index is 4.40. The van der Waals surface area contributed by atoms with E-state index in [9.17, 15) is 0 Å².